The van der Waals surface area contributed by atoms with Gasteiger partial charge in [-0.25, -0.2) is 9.97 Å². The molecular weight excluding hydrogens is 287 g/mol. The Morgan fingerprint density at radius 2 is 1.86 bits per heavy atom. The van der Waals surface area contributed by atoms with Crippen LogP contribution < -0.4 is 9.64 Å². The van der Waals surface area contributed by atoms with Gasteiger partial charge in [0.25, 0.3) is 0 Å². The predicted octanol–water partition coefficient (Wildman–Crippen LogP) is 2.81. The molecule has 0 bridgehead atoms. The van der Waals surface area contributed by atoms with Crippen LogP contribution in [0.3, 0.4) is 0 Å². The van der Waals surface area contributed by atoms with E-state index in [2.05, 4.69) is 14.7 Å². The van der Waals surface area contributed by atoms with E-state index in [1.54, 1.807) is 25.1 Å². The highest BCUT2D eigenvalue weighted by Gasteiger charge is 2.32. The van der Waals surface area contributed by atoms with Gasteiger partial charge in [-0.1, -0.05) is 0 Å². The summed E-state index contributed by atoms with van der Waals surface area (Å²) in [5, 5.41) is 9.42. The van der Waals surface area contributed by atoms with Crippen molar-refractivity contribution in [1.29, 1.82) is 0 Å². The van der Waals surface area contributed by atoms with Gasteiger partial charge in [-0.05, 0) is 18.2 Å². The molecule has 0 radical (unpaired) electrons. The van der Waals surface area contributed by atoms with Crippen LogP contribution in [0.2, 0.25) is 0 Å². The lowest BCUT2D eigenvalue weighted by Crippen LogP contribution is -2.17. The number of aromatic hydroxyl groups is 1. The van der Waals surface area contributed by atoms with Crippen molar-refractivity contribution in [1.82, 2.24) is 9.97 Å². The van der Waals surface area contributed by atoms with Crippen molar-refractivity contribution >= 4 is 5.82 Å². The van der Waals surface area contributed by atoms with Crippen LogP contribution >= 0.6 is 0 Å². The zero-order valence-corrected chi connectivity index (χ0v) is 11.2. The quantitative estimate of drug-likeness (QED) is 0.944. The lowest BCUT2D eigenvalue weighted by molar-refractivity contribution is -0.275. The lowest BCUT2D eigenvalue weighted by Gasteiger charge is -2.13. The van der Waals surface area contributed by atoms with Gasteiger partial charge in [0.1, 0.15) is 12.1 Å². The average molecular weight is 299 g/mol. The second kappa shape index (κ2) is 5.47. The van der Waals surface area contributed by atoms with E-state index in [4.69, 9.17) is 0 Å². The maximum absolute atomic E-state index is 12.3. The highest BCUT2D eigenvalue weighted by Crippen LogP contribution is 2.35. The summed E-state index contributed by atoms with van der Waals surface area (Å²) in [6.07, 6.45) is -3.57. The monoisotopic (exact) mass is 299 g/mol. The minimum atomic E-state index is -4.88. The number of benzene rings is 1. The highest BCUT2D eigenvalue weighted by molar-refractivity contribution is 5.66. The molecule has 21 heavy (non-hydrogen) atoms. The second-order valence-corrected chi connectivity index (χ2v) is 4.39. The Morgan fingerprint density at radius 1 is 1.14 bits per heavy atom. The molecule has 0 atom stereocenters. The maximum Gasteiger partial charge on any atom is 0.573 e. The van der Waals surface area contributed by atoms with Gasteiger partial charge in [-0.2, -0.15) is 0 Å². The molecule has 0 aliphatic heterocycles. The molecule has 0 aliphatic rings. The Hall–Kier alpha value is -2.51. The summed E-state index contributed by atoms with van der Waals surface area (Å²) in [4.78, 5) is 9.76. The van der Waals surface area contributed by atoms with E-state index in [0.29, 0.717) is 17.1 Å². The number of ether oxygens (including phenoxy) is 1. The van der Waals surface area contributed by atoms with E-state index >= 15 is 0 Å². The molecule has 0 amide bonds. The fraction of sp³-hybridized carbons (Fsp3) is 0.231. The minimum Gasteiger partial charge on any atom is -0.504 e. The van der Waals surface area contributed by atoms with Gasteiger partial charge in [0, 0.05) is 25.7 Å². The van der Waals surface area contributed by atoms with Gasteiger partial charge in [0.15, 0.2) is 11.5 Å². The van der Waals surface area contributed by atoms with E-state index in [0.717, 1.165) is 12.1 Å². The zero-order chi connectivity index (χ0) is 15.6. The van der Waals surface area contributed by atoms with Crippen LogP contribution in [-0.2, 0) is 0 Å². The molecule has 1 aromatic heterocycles. The van der Waals surface area contributed by atoms with Crippen molar-refractivity contribution in [2.24, 2.45) is 0 Å². The first-order valence-corrected chi connectivity index (χ1v) is 5.85. The molecular formula is C13H12F3N3O2. The smallest absolute Gasteiger partial charge is 0.504 e. The fourth-order valence-corrected chi connectivity index (χ4v) is 1.63. The fourth-order valence-electron chi connectivity index (χ4n) is 1.63. The van der Waals surface area contributed by atoms with Crippen molar-refractivity contribution in [2.45, 2.75) is 6.36 Å². The van der Waals surface area contributed by atoms with Crippen LogP contribution in [0.25, 0.3) is 11.3 Å². The molecule has 0 spiro atoms. The molecule has 0 fully saturated rings. The van der Waals surface area contributed by atoms with Crippen molar-refractivity contribution in [3.63, 3.8) is 0 Å². The van der Waals surface area contributed by atoms with Crippen molar-refractivity contribution in [2.75, 3.05) is 19.0 Å². The maximum atomic E-state index is 12.3. The van der Waals surface area contributed by atoms with Crippen LogP contribution in [0.15, 0.2) is 30.6 Å². The molecule has 1 aromatic carbocycles. The molecule has 1 heterocycles. The number of phenols is 1. The Morgan fingerprint density at radius 3 is 2.48 bits per heavy atom. The molecule has 5 nitrogen and oxygen atoms in total. The summed E-state index contributed by atoms with van der Waals surface area (Å²) in [6.45, 7) is 0. The first kappa shape index (κ1) is 14.9. The molecule has 0 saturated carbocycles. The summed E-state index contributed by atoms with van der Waals surface area (Å²) in [5.41, 5.74) is 0.790. The van der Waals surface area contributed by atoms with E-state index in [-0.39, 0.29) is 0 Å². The van der Waals surface area contributed by atoms with Gasteiger partial charge in [-0.3, -0.25) is 0 Å². The number of hydrogen-bond acceptors (Lipinski definition) is 5. The normalized spacial score (nSPS) is 11.3. The third-order valence-corrected chi connectivity index (χ3v) is 2.59. The van der Waals surface area contributed by atoms with Crippen LogP contribution in [0.4, 0.5) is 19.0 Å². The molecule has 1 N–H and O–H groups in total. The van der Waals surface area contributed by atoms with Crippen molar-refractivity contribution in [3.05, 3.63) is 30.6 Å². The van der Waals surface area contributed by atoms with Crippen LogP contribution in [-0.4, -0.2) is 35.5 Å². The number of rotatable bonds is 3. The van der Waals surface area contributed by atoms with Gasteiger partial charge in [0.2, 0.25) is 0 Å². The molecule has 0 aliphatic carbocycles. The third kappa shape index (κ3) is 3.74. The first-order chi connectivity index (χ1) is 9.76. The first-order valence-electron chi connectivity index (χ1n) is 5.85. The van der Waals surface area contributed by atoms with E-state index in [9.17, 15) is 18.3 Å². The van der Waals surface area contributed by atoms with Crippen molar-refractivity contribution in [3.8, 4) is 22.8 Å². The number of anilines is 1. The summed E-state index contributed by atoms with van der Waals surface area (Å²) in [6, 6.07) is 5.25. The number of phenolic OH excluding ortho intramolecular Hbond substituents is 1. The zero-order valence-electron chi connectivity index (χ0n) is 11.2. The van der Waals surface area contributed by atoms with Gasteiger partial charge >= 0.3 is 6.36 Å². The third-order valence-electron chi connectivity index (χ3n) is 2.59. The number of alkyl halides is 3. The molecule has 0 unspecified atom stereocenters. The van der Waals surface area contributed by atoms with Crippen LogP contribution in [0.1, 0.15) is 0 Å². The highest BCUT2D eigenvalue weighted by atomic mass is 19.4. The summed E-state index contributed by atoms with van der Waals surface area (Å²) in [7, 11) is 3.56. The van der Waals surface area contributed by atoms with Crippen LogP contribution in [0.5, 0.6) is 11.5 Å². The SMILES string of the molecule is CN(C)c1cc(-c2ccc(O)c(OC(F)(F)F)c2)ncn1. The number of hydrogen-bond donors (Lipinski definition) is 1. The van der Waals surface area contributed by atoms with Gasteiger partial charge < -0.3 is 14.7 Å². The number of nitrogens with zero attached hydrogens (tertiary/aromatic N) is 3. The lowest BCUT2D eigenvalue weighted by atomic mass is 10.1. The Kier molecular flexibility index (Phi) is 3.88. The van der Waals surface area contributed by atoms with E-state index in [1.165, 1.54) is 12.4 Å². The molecule has 2 rings (SSSR count). The summed E-state index contributed by atoms with van der Waals surface area (Å²) in [5.74, 6) is -0.672. The topological polar surface area (TPSA) is 58.5 Å². The summed E-state index contributed by atoms with van der Waals surface area (Å²) >= 11 is 0. The molecule has 112 valence electrons. The van der Waals surface area contributed by atoms with E-state index in [1.807, 2.05) is 0 Å². The van der Waals surface area contributed by atoms with E-state index < -0.39 is 17.9 Å². The van der Waals surface area contributed by atoms with Gasteiger partial charge in [0.05, 0.1) is 5.69 Å². The van der Waals surface area contributed by atoms with Crippen molar-refractivity contribution < 1.29 is 23.0 Å². The number of aromatic nitrogens is 2. The Labute approximate surface area is 118 Å². The summed E-state index contributed by atoms with van der Waals surface area (Å²) < 4.78 is 40.5. The second-order valence-electron chi connectivity index (χ2n) is 4.39. The molecule has 0 saturated heterocycles. The Balaban J connectivity index is 2.41. The number of halogens is 3. The predicted molar refractivity (Wildman–Crippen MR) is 70.1 cm³/mol. The largest absolute Gasteiger partial charge is 0.573 e. The van der Waals surface area contributed by atoms with Crippen LogP contribution in [0, 0.1) is 0 Å². The average Bonchev–Trinajstić information content (AvgIpc) is 2.40. The van der Waals surface area contributed by atoms with Gasteiger partial charge in [-0.15, -0.1) is 13.2 Å². The standard InChI is InChI=1S/C13H12F3N3O2/c1-19(2)12-6-9(17-7-18-12)8-3-4-10(20)11(5-8)21-13(14,15)16/h3-7,20H,1-2H3. The minimum absolute atomic E-state index is 0.373. The Bertz CT molecular complexity index is 645. The molecule has 8 heteroatoms. The molecule has 2 aromatic rings.